The van der Waals surface area contributed by atoms with Gasteiger partial charge in [-0.25, -0.2) is 0 Å². The second-order valence-corrected chi connectivity index (χ2v) is 13.2. The first kappa shape index (κ1) is 27.3. The van der Waals surface area contributed by atoms with E-state index in [-0.39, 0.29) is 5.92 Å². The first-order chi connectivity index (χ1) is 22.7. The predicted molar refractivity (Wildman–Crippen MR) is 190 cm³/mol. The third-order valence-electron chi connectivity index (χ3n) is 10.7. The van der Waals surface area contributed by atoms with Crippen molar-refractivity contribution < 1.29 is 4.42 Å². The van der Waals surface area contributed by atoms with Crippen LogP contribution in [0.3, 0.4) is 0 Å². The van der Waals surface area contributed by atoms with Crippen LogP contribution < -0.4 is 0 Å². The molecule has 0 bridgehead atoms. The number of allylic oxidation sites excluding steroid dienone is 6. The van der Waals surface area contributed by atoms with Crippen LogP contribution in [0.5, 0.6) is 0 Å². The van der Waals surface area contributed by atoms with Gasteiger partial charge in [-0.2, -0.15) is 0 Å². The first-order valence-electron chi connectivity index (χ1n) is 16.8. The number of benzene rings is 3. The summed E-state index contributed by atoms with van der Waals surface area (Å²) in [6.07, 6.45) is 21.1. The van der Waals surface area contributed by atoms with Crippen molar-refractivity contribution in [3.05, 3.63) is 166 Å². The van der Waals surface area contributed by atoms with Gasteiger partial charge in [0.15, 0.2) is 0 Å². The lowest BCUT2D eigenvalue weighted by Gasteiger charge is -2.32. The summed E-state index contributed by atoms with van der Waals surface area (Å²) in [5, 5.41) is 0. The van der Waals surface area contributed by atoms with E-state index in [1.165, 1.54) is 56.0 Å². The summed E-state index contributed by atoms with van der Waals surface area (Å²) < 4.78 is 8.94. The molecule has 0 N–H and O–H groups in total. The van der Waals surface area contributed by atoms with Crippen molar-refractivity contribution in [2.45, 2.75) is 56.8 Å². The molecule has 9 rings (SSSR count). The highest BCUT2D eigenvalue weighted by Gasteiger charge is 2.29. The Morgan fingerprint density at radius 3 is 2.57 bits per heavy atom. The summed E-state index contributed by atoms with van der Waals surface area (Å²) in [6.45, 7) is 2.38. The van der Waals surface area contributed by atoms with Gasteiger partial charge in [-0.3, -0.25) is 0 Å². The third-order valence-corrected chi connectivity index (χ3v) is 10.7. The minimum Gasteiger partial charge on any atom is -0.460 e. The molecule has 4 aliphatic rings. The Morgan fingerprint density at radius 2 is 1.70 bits per heavy atom. The summed E-state index contributed by atoms with van der Waals surface area (Å²) in [5.41, 5.74) is 18.4. The Balaban J connectivity index is 0.930. The smallest absolute Gasteiger partial charge is 0.134 e. The monoisotopic (exact) mass is 595 g/mol. The molecule has 224 valence electrons. The molecule has 0 saturated carbocycles. The van der Waals surface area contributed by atoms with E-state index in [4.69, 9.17) is 4.42 Å². The lowest BCUT2D eigenvalue weighted by molar-refractivity contribution is 0.501. The van der Waals surface area contributed by atoms with E-state index < -0.39 is 0 Å². The highest BCUT2D eigenvalue weighted by atomic mass is 16.3. The predicted octanol–water partition coefficient (Wildman–Crippen LogP) is 11.1. The van der Waals surface area contributed by atoms with Crippen LogP contribution in [0.15, 0.2) is 125 Å². The zero-order chi connectivity index (χ0) is 30.6. The van der Waals surface area contributed by atoms with Crippen LogP contribution in [-0.4, -0.2) is 4.57 Å². The van der Waals surface area contributed by atoms with Crippen LogP contribution in [0.25, 0.3) is 40.3 Å². The number of aromatic nitrogens is 1. The fraction of sp³-hybridized carbons (Fsp3) is 0.205. The van der Waals surface area contributed by atoms with Gasteiger partial charge in [0.25, 0.3) is 0 Å². The fourth-order valence-corrected chi connectivity index (χ4v) is 8.24. The van der Waals surface area contributed by atoms with Crippen molar-refractivity contribution in [1.29, 1.82) is 0 Å². The van der Waals surface area contributed by atoms with Gasteiger partial charge in [-0.05, 0) is 107 Å². The molecule has 0 saturated heterocycles. The molecule has 46 heavy (non-hydrogen) atoms. The van der Waals surface area contributed by atoms with Gasteiger partial charge in [-0.1, -0.05) is 97.9 Å². The quantitative estimate of drug-likeness (QED) is 0.185. The average Bonchev–Trinajstić information content (AvgIpc) is 3.75. The van der Waals surface area contributed by atoms with E-state index in [9.17, 15) is 0 Å². The zero-order valence-corrected chi connectivity index (χ0v) is 26.2. The van der Waals surface area contributed by atoms with Crippen LogP contribution in [0.2, 0.25) is 0 Å². The van der Waals surface area contributed by atoms with Crippen LogP contribution in [0, 0.1) is 0 Å². The molecule has 0 fully saturated rings. The van der Waals surface area contributed by atoms with Crippen LogP contribution in [0.1, 0.15) is 82.5 Å². The van der Waals surface area contributed by atoms with Gasteiger partial charge >= 0.3 is 0 Å². The standard InChI is InChI=1S/C44H37NO/c1-29(40-28-33-10-2-3-11-35(33)36-12-4-5-13-37(36)40)30-18-20-31(21-19-30)43-26-27-44(46-43)32-22-24-34(25-23-32)45-41-16-8-6-14-38(41)39-15-7-9-17-42(39)45/h2-6,9-13,16-22,24-27,29,32,40H,7,14-15,23,28H2,1H3/t29-,32?,40-/m1/s1. The Morgan fingerprint density at radius 1 is 0.848 bits per heavy atom. The van der Waals surface area contributed by atoms with Gasteiger partial charge in [0.05, 0.1) is 5.69 Å². The summed E-state index contributed by atoms with van der Waals surface area (Å²) in [5.74, 6) is 3.05. The largest absolute Gasteiger partial charge is 0.460 e. The molecule has 2 aromatic heterocycles. The normalized spacial score (nSPS) is 19.6. The number of hydrogen-bond acceptors (Lipinski definition) is 1. The van der Waals surface area contributed by atoms with Crippen molar-refractivity contribution in [3.63, 3.8) is 0 Å². The van der Waals surface area contributed by atoms with Crippen molar-refractivity contribution in [2.24, 2.45) is 0 Å². The van der Waals surface area contributed by atoms with E-state index in [0.717, 1.165) is 49.2 Å². The molecule has 0 amide bonds. The molecule has 0 radical (unpaired) electrons. The van der Waals surface area contributed by atoms with Crippen LogP contribution in [0.4, 0.5) is 0 Å². The average molecular weight is 596 g/mol. The maximum absolute atomic E-state index is 6.50. The molecule has 5 aromatic rings. The second-order valence-electron chi connectivity index (χ2n) is 13.2. The third kappa shape index (κ3) is 4.48. The molecule has 2 nitrogen and oxygen atoms in total. The molecule has 0 aliphatic heterocycles. The number of fused-ring (bicyclic) bond motifs is 6. The van der Waals surface area contributed by atoms with Crippen molar-refractivity contribution >= 4 is 17.8 Å². The molecular formula is C44H37NO. The van der Waals surface area contributed by atoms with Crippen LogP contribution >= 0.6 is 0 Å². The molecule has 4 aliphatic carbocycles. The molecule has 0 spiro atoms. The Kier molecular flexibility index (Phi) is 6.58. The highest BCUT2D eigenvalue weighted by molar-refractivity contribution is 5.76. The molecule has 3 aromatic carbocycles. The SMILES string of the molecule is C[C@H](c1ccc(-c2ccc(C3C=CC(n4c5c(c6c4C=CCC6)CC=C=C5)=CC3)o2)cc1)[C@H]1Cc2ccccc2-c2ccccc21. The van der Waals surface area contributed by atoms with Crippen molar-refractivity contribution in [3.8, 4) is 22.5 Å². The summed E-state index contributed by atoms with van der Waals surface area (Å²) >= 11 is 0. The lowest BCUT2D eigenvalue weighted by Crippen LogP contribution is -2.17. The second kappa shape index (κ2) is 11.1. The highest BCUT2D eigenvalue weighted by Crippen LogP contribution is 2.46. The summed E-state index contributed by atoms with van der Waals surface area (Å²) in [7, 11) is 0. The van der Waals surface area contributed by atoms with E-state index in [2.05, 4.69) is 145 Å². The lowest BCUT2D eigenvalue weighted by atomic mass is 9.72. The Labute approximate surface area is 271 Å². The van der Waals surface area contributed by atoms with Crippen molar-refractivity contribution in [2.75, 3.05) is 0 Å². The summed E-state index contributed by atoms with van der Waals surface area (Å²) in [6, 6.07) is 31.2. The topological polar surface area (TPSA) is 18.1 Å². The van der Waals surface area contributed by atoms with E-state index in [1.54, 1.807) is 0 Å². The maximum Gasteiger partial charge on any atom is 0.134 e. The van der Waals surface area contributed by atoms with Crippen molar-refractivity contribution in [1.82, 2.24) is 4.57 Å². The van der Waals surface area contributed by atoms with Gasteiger partial charge in [0.1, 0.15) is 11.5 Å². The molecule has 2 heterocycles. The van der Waals surface area contributed by atoms with E-state index >= 15 is 0 Å². The fourth-order valence-electron chi connectivity index (χ4n) is 8.24. The Bertz CT molecular complexity index is 2140. The number of furan rings is 1. The number of rotatable bonds is 5. The van der Waals surface area contributed by atoms with Crippen LogP contribution in [-0.2, 0) is 19.3 Å². The zero-order valence-electron chi connectivity index (χ0n) is 26.2. The van der Waals surface area contributed by atoms with E-state index in [1.807, 2.05) is 0 Å². The van der Waals surface area contributed by atoms with Gasteiger partial charge in [0.2, 0.25) is 0 Å². The molecule has 1 unspecified atom stereocenters. The molecule has 3 atom stereocenters. The maximum atomic E-state index is 6.50. The minimum atomic E-state index is 0.235. The first-order valence-corrected chi connectivity index (χ1v) is 16.8. The number of hydrogen-bond donors (Lipinski definition) is 0. The number of nitrogens with zero attached hydrogens (tertiary/aromatic N) is 1. The molecular weight excluding hydrogens is 558 g/mol. The minimum absolute atomic E-state index is 0.235. The molecule has 2 heteroatoms. The van der Waals surface area contributed by atoms with Gasteiger partial charge < -0.3 is 8.98 Å². The Hall–Kier alpha value is -5.04. The van der Waals surface area contributed by atoms with E-state index in [0.29, 0.717) is 11.8 Å². The van der Waals surface area contributed by atoms with Gasteiger partial charge in [-0.15, -0.1) is 5.73 Å². The summed E-state index contributed by atoms with van der Waals surface area (Å²) in [4.78, 5) is 0. The van der Waals surface area contributed by atoms with Gasteiger partial charge in [0, 0.05) is 35.4 Å².